The van der Waals surface area contributed by atoms with Crippen molar-refractivity contribution < 1.29 is 14.7 Å². The van der Waals surface area contributed by atoms with Crippen molar-refractivity contribution in [2.45, 2.75) is 32.4 Å². The van der Waals surface area contributed by atoms with Crippen LogP contribution >= 0.6 is 23.2 Å². The predicted octanol–water partition coefficient (Wildman–Crippen LogP) is 3.68. The summed E-state index contributed by atoms with van der Waals surface area (Å²) in [6, 6.07) is 5.48. The Morgan fingerprint density at radius 3 is 2.03 bits per heavy atom. The first kappa shape index (κ1) is 24.2. The molecule has 4 N–H and O–H groups in total. The fourth-order valence-corrected chi connectivity index (χ4v) is 3.71. The predicted molar refractivity (Wildman–Crippen MR) is 127 cm³/mol. The lowest BCUT2D eigenvalue weighted by Gasteiger charge is -2.23. The standard InChI is InChI=1S/C22H20Cl2N4O5/c1-10(2)26-18-19(21(32)20(18)31)28-15(7-16(29)30)11-3-5-12(6-4-11)27-22(33)17-13(23)8-25-9-14(17)24/h3-6,8-10,15,26,28H,7H2,1-2H3,(H,27,33)(H,29,30). The number of carbonyl (C=O) groups is 2. The van der Waals surface area contributed by atoms with Crippen LogP contribution in [0.25, 0.3) is 0 Å². The van der Waals surface area contributed by atoms with Gasteiger partial charge in [0.25, 0.3) is 16.8 Å². The normalized spacial score (nSPS) is 11.9. The van der Waals surface area contributed by atoms with E-state index in [1.807, 2.05) is 13.8 Å². The summed E-state index contributed by atoms with van der Waals surface area (Å²) in [7, 11) is 0. The van der Waals surface area contributed by atoms with E-state index >= 15 is 0 Å². The van der Waals surface area contributed by atoms with E-state index in [-0.39, 0.29) is 39.4 Å². The van der Waals surface area contributed by atoms with E-state index < -0.39 is 28.8 Å². The molecule has 11 heteroatoms. The highest BCUT2D eigenvalue weighted by atomic mass is 35.5. The number of halogens is 2. The molecule has 0 fully saturated rings. The third-order valence-electron chi connectivity index (χ3n) is 4.69. The van der Waals surface area contributed by atoms with Crippen LogP contribution in [-0.4, -0.2) is 28.0 Å². The summed E-state index contributed by atoms with van der Waals surface area (Å²) in [5.41, 5.74) is -0.125. The summed E-state index contributed by atoms with van der Waals surface area (Å²) in [6.07, 6.45) is 2.27. The van der Waals surface area contributed by atoms with Gasteiger partial charge < -0.3 is 21.1 Å². The Bertz CT molecular complexity index is 1250. The second-order valence-electron chi connectivity index (χ2n) is 7.56. The summed E-state index contributed by atoms with van der Waals surface area (Å²) in [6.45, 7) is 3.63. The summed E-state index contributed by atoms with van der Waals surface area (Å²) in [5.74, 6) is -1.63. The van der Waals surface area contributed by atoms with Crippen LogP contribution in [0.1, 0.15) is 42.2 Å². The number of carboxylic acids is 1. The number of hydrogen-bond donors (Lipinski definition) is 4. The van der Waals surface area contributed by atoms with Gasteiger partial charge in [0.05, 0.1) is 28.1 Å². The summed E-state index contributed by atoms with van der Waals surface area (Å²) in [5, 5.41) is 18.0. The number of nitrogens with zero attached hydrogens (tertiary/aromatic N) is 1. The molecule has 0 aliphatic heterocycles. The van der Waals surface area contributed by atoms with Crippen molar-refractivity contribution in [3.05, 3.63) is 78.3 Å². The largest absolute Gasteiger partial charge is 0.481 e. The maximum absolute atomic E-state index is 12.5. The van der Waals surface area contributed by atoms with E-state index in [0.29, 0.717) is 11.3 Å². The molecule has 0 spiro atoms. The van der Waals surface area contributed by atoms with Crippen molar-refractivity contribution in [2.75, 3.05) is 16.0 Å². The Hall–Kier alpha value is -3.43. The van der Waals surface area contributed by atoms with Gasteiger partial charge in [-0.05, 0) is 31.5 Å². The fourth-order valence-electron chi connectivity index (χ4n) is 3.18. The number of hydrogen-bond acceptors (Lipinski definition) is 7. The summed E-state index contributed by atoms with van der Waals surface area (Å²) >= 11 is 12.0. The second kappa shape index (κ2) is 10.0. The van der Waals surface area contributed by atoms with E-state index in [1.54, 1.807) is 24.3 Å². The van der Waals surface area contributed by atoms with E-state index in [9.17, 15) is 24.3 Å². The molecule has 0 saturated carbocycles. The molecule has 0 saturated heterocycles. The van der Waals surface area contributed by atoms with Gasteiger partial charge in [-0.15, -0.1) is 0 Å². The van der Waals surface area contributed by atoms with Crippen LogP contribution in [0.5, 0.6) is 0 Å². The van der Waals surface area contributed by atoms with E-state index in [4.69, 9.17) is 23.2 Å². The molecule has 172 valence electrons. The van der Waals surface area contributed by atoms with Crippen molar-refractivity contribution in [3.63, 3.8) is 0 Å². The van der Waals surface area contributed by atoms with Crippen molar-refractivity contribution in [3.8, 4) is 0 Å². The molecule has 1 unspecified atom stereocenters. The molecule has 3 aromatic rings. The highest BCUT2D eigenvalue weighted by molar-refractivity contribution is 6.40. The van der Waals surface area contributed by atoms with Crippen LogP contribution in [0.2, 0.25) is 10.0 Å². The molecule has 3 rings (SSSR count). The van der Waals surface area contributed by atoms with E-state index in [1.165, 1.54) is 12.4 Å². The highest BCUT2D eigenvalue weighted by Gasteiger charge is 2.26. The molecule has 0 bridgehead atoms. The third-order valence-corrected chi connectivity index (χ3v) is 5.27. The Kier molecular flexibility index (Phi) is 7.35. The average Bonchev–Trinajstić information content (AvgIpc) is 2.75. The maximum Gasteiger partial charge on any atom is 0.305 e. The Balaban J connectivity index is 1.81. The molecule has 0 aliphatic rings. The Labute approximate surface area is 198 Å². The second-order valence-corrected chi connectivity index (χ2v) is 8.37. The first-order valence-electron chi connectivity index (χ1n) is 9.87. The minimum Gasteiger partial charge on any atom is -0.481 e. The first-order valence-corrected chi connectivity index (χ1v) is 10.6. The molecule has 1 amide bonds. The molecular weight excluding hydrogens is 471 g/mol. The zero-order valence-corrected chi connectivity index (χ0v) is 19.1. The number of carboxylic acid groups (broad SMARTS) is 1. The molecule has 33 heavy (non-hydrogen) atoms. The van der Waals surface area contributed by atoms with Crippen LogP contribution in [0.3, 0.4) is 0 Å². The quantitative estimate of drug-likeness (QED) is 0.333. The molecule has 1 aromatic heterocycles. The number of aromatic nitrogens is 1. The smallest absolute Gasteiger partial charge is 0.305 e. The summed E-state index contributed by atoms with van der Waals surface area (Å²) < 4.78 is 0. The number of benzene rings is 1. The van der Waals surface area contributed by atoms with Crippen LogP contribution in [0, 0.1) is 0 Å². The molecule has 1 heterocycles. The fraction of sp³-hybridized carbons (Fsp3) is 0.227. The Morgan fingerprint density at radius 1 is 0.970 bits per heavy atom. The molecule has 0 aliphatic carbocycles. The van der Waals surface area contributed by atoms with E-state index in [0.717, 1.165) is 0 Å². The van der Waals surface area contributed by atoms with Gasteiger partial charge in [0.15, 0.2) is 0 Å². The summed E-state index contributed by atoms with van der Waals surface area (Å²) in [4.78, 5) is 51.6. The molecule has 0 radical (unpaired) electrons. The van der Waals surface area contributed by atoms with E-state index in [2.05, 4.69) is 20.9 Å². The number of rotatable bonds is 9. The van der Waals surface area contributed by atoms with Crippen molar-refractivity contribution >= 4 is 52.1 Å². The Morgan fingerprint density at radius 2 is 1.52 bits per heavy atom. The van der Waals surface area contributed by atoms with Gasteiger partial charge in [-0.25, -0.2) is 0 Å². The van der Waals surface area contributed by atoms with Crippen molar-refractivity contribution in [1.82, 2.24) is 4.98 Å². The first-order chi connectivity index (χ1) is 15.6. The number of amides is 1. The zero-order chi connectivity index (χ0) is 24.3. The number of nitrogens with one attached hydrogen (secondary N) is 3. The topological polar surface area (TPSA) is 137 Å². The highest BCUT2D eigenvalue weighted by Crippen LogP contribution is 2.28. The monoisotopic (exact) mass is 490 g/mol. The zero-order valence-electron chi connectivity index (χ0n) is 17.6. The van der Waals surface area contributed by atoms with Crippen LogP contribution in [0.15, 0.2) is 46.2 Å². The van der Waals surface area contributed by atoms with Gasteiger partial charge in [0, 0.05) is 24.1 Å². The molecule has 1 atom stereocenters. The van der Waals surface area contributed by atoms with Crippen LogP contribution in [-0.2, 0) is 4.79 Å². The minimum absolute atomic E-state index is 0.0549. The average molecular weight is 491 g/mol. The lowest BCUT2D eigenvalue weighted by Crippen LogP contribution is -2.39. The van der Waals surface area contributed by atoms with Gasteiger partial charge in [0.1, 0.15) is 11.4 Å². The number of carbonyl (C=O) groups excluding carboxylic acids is 1. The minimum atomic E-state index is -1.09. The molecule has 2 aromatic carbocycles. The third kappa shape index (κ3) is 5.50. The van der Waals surface area contributed by atoms with Gasteiger partial charge in [-0.1, -0.05) is 35.3 Å². The lowest BCUT2D eigenvalue weighted by molar-refractivity contribution is -0.137. The SMILES string of the molecule is CC(C)Nc1c(NC(CC(=O)O)c2ccc(NC(=O)c3c(Cl)cncc3Cl)cc2)c(=O)c1=O. The van der Waals surface area contributed by atoms with Crippen LogP contribution in [0.4, 0.5) is 17.1 Å². The number of aliphatic carboxylic acids is 1. The molecular formula is C22H20Cl2N4O5. The van der Waals surface area contributed by atoms with Crippen molar-refractivity contribution in [2.24, 2.45) is 0 Å². The van der Waals surface area contributed by atoms with Crippen LogP contribution < -0.4 is 26.8 Å². The molecule has 9 nitrogen and oxygen atoms in total. The van der Waals surface area contributed by atoms with Gasteiger partial charge in [-0.2, -0.15) is 0 Å². The number of anilines is 3. The number of pyridine rings is 1. The van der Waals surface area contributed by atoms with Gasteiger partial charge >= 0.3 is 5.97 Å². The lowest BCUT2D eigenvalue weighted by atomic mass is 10.0. The maximum atomic E-state index is 12.5. The van der Waals surface area contributed by atoms with Gasteiger partial charge in [-0.3, -0.25) is 24.2 Å². The van der Waals surface area contributed by atoms with Crippen molar-refractivity contribution in [1.29, 1.82) is 0 Å². The van der Waals surface area contributed by atoms with Gasteiger partial charge in [0.2, 0.25) is 0 Å².